The van der Waals surface area contributed by atoms with Gasteiger partial charge in [-0.25, -0.2) is 4.79 Å². The topological polar surface area (TPSA) is 51.2 Å². The average molecular weight is 312 g/mol. The summed E-state index contributed by atoms with van der Waals surface area (Å²) in [7, 11) is 0. The first-order valence-corrected chi connectivity index (χ1v) is 8.86. The molecule has 0 aliphatic heterocycles. The molecule has 0 amide bonds. The molecule has 122 valence electrons. The Morgan fingerprint density at radius 1 is 1.30 bits per heavy atom. The Labute approximate surface area is 137 Å². The molecule has 0 spiro atoms. The van der Waals surface area contributed by atoms with Crippen LogP contribution in [0.3, 0.4) is 0 Å². The van der Waals surface area contributed by atoms with E-state index in [1.54, 1.807) is 6.20 Å². The van der Waals surface area contributed by atoms with Crippen LogP contribution in [0.4, 0.5) is 5.69 Å². The molecule has 1 aromatic rings. The Morgan fingerprint density at radius 3 is 2.83 bits per heavy atom. The highest BCUT2D eigenvalue weighted by Gasteiger charge is 2.35. The van der Waals surface area contributed by atoms with Gasteiger partial charge in [-0.2, -0.15) is 0 Å². The number of aromatic nitrogens is 1. The van der Waals surface area contributed by atoms with Crippen molar-refractivity contribution < 1.29 is 9.53 Å². The molecule has 4 heteroatoms. The number of fused-ring (bicyclic) bond motifs is 3. The van der Waals surface area contributed by atoms with Crippen LogP contribution in [-0.4, -0.2) is 23.6 Å². The molecule has 3 aliphatic rings. The van der Waals surface area contributed by atoms with Gasteiger partial charge in [-0.15, -0.1) is 0 Å². The Balaban J connectivity index is 1.64. The molecule has 0 radical (unpaired) electrons. The molecule has 1 unspecified atom stereocenters. The van der Waals surface area contributed by atoms with Gasteiger partial charge in [-0.1, -0.05) is 25.0 Å². The number of carbonyl (C=O) groups is 1. The van der Waals surface area contributed by atoms with E-state index in [9.17, 15) is 4.79 Å². The Kier molecular flexibility index (Phi) is 3.83. The molecule has 2 saturated carbocycles. The lowest BCUT2D eigenvalue weighted by molar-refractivity contribution is 0.0527. The predicted molar refractivity (Wildman–Crippen MR) is 90.4 cm³/mol. The van der Waals surface area contributed by atoms with Gasteiger partial charge in [0, 0.05) is 24.2 Å². The van der Waals surface area contributed by atoms with Crippen LogP contribution in [0.5, 0.6) is 0 Å². The van der Waals surface area contributed by atoms with E-state index in [4.69, 9.17) is 4.74 Å². The molecule has 0 aromatic carbocycles. The summed E-state index contributed by atoms with van der Waals surface area (Å²) in [6.07, 6.45) is 13.3. The molecule has 3 atom stereocenters. The fourth-order valence-corrected chi connectivity index (χ4v) is 4.55. The van der Waals surface area contributed by atoms with Gasteiger partial charge in [-0.3, -0.25) is 4.98 Å². The molecule has 4 nitrogen and oxygen atoms in total. The normalized spacial score (nSPS) is 27.8. The molecule has 1 heterocycles. The van der Waals surface area contributed by atoms with Crippen molar-refractivity contribution in [2.75, 3.05) is 11.9 Å². The van der Waals surface area contributed by atoms with E-state index in [0.717, 1.165) is 35.2 Å². The van der Waals surface area contributed by atoms with E-state index in [1.807, 2.05) is 6.92 Å². The van der Waals surface area contributed by atoms with Crippen molar-refractivity contribution >= 4 is 17.7 Å². The number of hydrogen-bond donors (Lipinski definition) is 1. The standard InChI is InChI=1S/C19H24N2O2/c1-2-23-19(22)16-11-20-17-5-3-4-15(17)18(16)21-14-9-12-6-7-13(8-12)10-14/h3-4,11-14H,2,5-10H2,1H3,(H,20,21)/t12-,13+,14?. The van der Waals surface area contributed by atoms with E-state index in [0.29, 0.717) is 18.2 Å². The number of rotatable bonds is 4. The van der Waals surface area contributed by atoms with Gasteiger partial charge in [0.2, 0.25) is 0 Å². The molecule has 4 rings (SSSR count). The molecule has 2 bridgehead atoms. The van der Waals surface area contributed by atoms with E-state index >= 15 is 0 Å². The number of carbonyl (C=O) groups excluding carboxylic acids is 1. The van der Waals surface area contributed by atoms with E-state index < -0.39 is 0 Å². The number of nitrogens with zero attached hydrogens (tertiary/aromatic N) is 1. The number of nitrogens with one attached hydrogen (secondary N) is 1. The molecule has 2 fully saturated rings. The first-order valence-electron chi connectivity index (χ1n) is 8.86. The van der Waals surface area contributed by atoms with Gasteiger partial charge >= 0.3 is 5.97 Å². The van der Waals surface area contributed by atoms with Gasteiger partial charge in [0.1, 0.15) is 5.56 Å². The average Bonchev–Trinajstić information content (AvgIpc) is 3.14. The lowest BCUT2D eigenvalue weighted by atomic mass is 9.85. The summed E-state index contributed by atoms with van der Waals surface area (Å²) >= 11 is 0. The number of pyridine rings is 1. The van der Waals surface area contributed by atoms with Gasteiger partial charge in [-0.05, 0) is 38.0 Å². The van der Waals surface area contributed by atoms with Crippen molar-refractivity contribution in [3.63, 3.8) is 0 Å². The van der Waals surface area contributed by atoms with Crippen molar-refractivity contribution in [1.29, 1.82) is 0 Å². The summed E-state index contributed by atoms with van der Waals surface area (Å²) < 4.78 is 5.23. The van der Waals surface area contributed by atoms with Crippen molar-refractivity contribution in [3.8, 4) is 0 Å². The predicted octanol–water partition coefficient (Wildman–Crippen LogP) is 3.82. The zero-order valence-corrected chi connectivity index (χ0v) is 13.7. The molecule has 1 N–H and O–H groups in total. The summed E-state index contributed by atoms with van der Waals surface area (Å²) in [6.45, 7) is 2.23. The van der Waals surface area contributed by atoms with Crippen LogP contribution in [-0.2, 0) is 11.2 Å². The second kappa shape index (κ2) is 5.99. The van der Waals surface area contributed by atoms with Crippen LogP contribution in [0, 0.1) is 11.8 Å². The highest BCUT2D eigenvalue weighted by Crippen LogP contribution is 2.43. The summed E-state index contributed by atoms with van der Waals surface area (Å²) in [5, 5.41) is 3.70. The van der Waals surface area contributed by atoms with E-state index in [2.05, 4.69) is 22.5 Å². The zero-order chi connectivity index (χ0) is 15.8. The smallest absolute Gasteiger partial charge is 0.341 e. The van der Waals surface area contributed by atoms with Crippen molar-refractivity contribution in [3.05, 3.63) is 29.1 Å². The van der Waals surface area contributed by atoms with Crippen molar-refractivity contribution in [2.24, 2.45) is 11.8 Å². The minimum atomic E-state index is -0.274. The second-order valence-corrected chi connectivity index (χ2v) is 7.09. The minimum Gasteiger partial charge on any atom is -0.462 e. The second-order valence-electron chi connectivity index (χ2n) is 7.09. The van der Waals surface area contributed by atoms with Crippen molar-refractivity contribution in [1.82, 2.24) is 4.98 Å². The van der Waals surface area contributed by atoms with E-state index in [1.165, 1.54) is 32.1 Å². The maximum Gasteiger partial charge on any atom is 0.341 e. The quantitative estimate of drug-likeness (QED) is 0.859. The molecular weight excluding hydrogens is 288 g/mol. The SMILES string of the molecule is CCOC(=O)c1cnc2c(c1NC1C[C@H]3CC[C@@H](C1)C3)C=CC2. The fraction of sp³-hybridized carbons (Fsp3) is 0.579. The van der Waals surface area contributed by atoms with Crippen LogP contribution >= 0.6 is 0 Å². The summed E-state index contributed by atoms with van der Waals surface area (Å²) in [4.78, 5) is 16.8. The monoisotopic (exact) mass is 312 g/mol. The van der Waals surface area contributed by atoms with Crippen LogP contribution in [0.25, 0.3) is 6.08 Å². The Hall–Kier alpha value is -1.84. The summed E-state index contributed by atoms with van der Waals surface area (Å²) in [5.41, 5.74) is 3.65. The highest BCUT2D eigenvalue weighted by molar-refractivity contribution is 5.98. The minimum absolute atomic E-state index is 0.274. The maximum absolute atomic E-state index is 12.3. The zero-order valence-electron chi connectivity index (χ0n) is 13.7. The van der Waals surface area contributed by atoms with Gasteiger partial charge in [0.05, 0.1) is 18.0 Å². The van der Waals surface area contributed by atoms with Crippen LogP contribution in [0.15, 0.2) is 12.3 Å². The molecule has 3 aliphatic carbocycles. The lowest BCUT2D eigenvalue weighted by Gasteiger charge is -2.30. The number of esters is 1. The van der Waals surface area contributed by atoms with Crippen LogP contribution in [0.2, 0.25) is 0 Å². The van der Waals surface area contributed by atoms with Crippen LogP contribution in [0.1, 0.15) is 60.6 Å². The maximum atomic E-state index is 12.3. The van der Waals surface area contributed by atoms with Gasteiger partial charge in [0.15, 0.2) is 0 Å². The number of anilines is 1. The first kappa shape index (κ1) is 14.7. The van der Waals surface area contributed by atoms with Crippen LogP contribution < -0.4 is 5.32 Å². The third kappa shape index (κ3) is 2.75. The van der Waals surface area contributed by atoms with Gasteiger partial charge in [0.25, 0.3) is 0 Å². The number of ether oxygens (including phenoxy) is 1. The summed E-state index contributed by atoms with van der Waals surface area (Å²) in [6, 6.07) is 0.468. The highest BCUT2D eigenvalue weighted by atomic mass is 16.5. The van der Waals surface area contributed by atoms with E-state index in [-0.39, 0.29) is 5.97 Å². The molecule has 0 saturated heterocycles. The third-order valence-corrected chi connectivity index (χ3v) is 5.52. The number of allylic oxidation sites excluding steroid dienone is 1. The molecule has 1 aromatic heterocycles. The molecule has 23 heavy (non-hydrogen) atoms. The fourth-order valence-electron chi connectivity index (χ4n) is 4.55. The first-order chi connectivity index (χ1) is 11.2. The lowest BCUT2D eigenvalue weighted by Crippen LogP contribution is -2.29. The molecular formula is C19H24N2O2. The van der Waals surface area contributed by atoms with Crippen molar-refractivity contribution in [2.45, 2.75) is 51.5 Å². The number of hydrogen-bond acceptors (Lipinski definition) is 4. The third-order valence-electron chi connectivity index (χ3n) is 5.52. The largest absolute Gasteiger partial charge is 0.462 e. The summed E-state index contributed by atoms with van der Waals surface area (Å²) in [5.74, 6) is 1.45. The Morgan fingerprint density at radius 2 is 2.09 bits per heavy atom. The van der Waals surface area contributed by atoms with Gasteiger partial charge < -0.3 is 10.1 Å². The Bertz CT molecular complexity index is 641.